The van der Waals surface area contributed by atoms with Gasteiger partial charge in [-0.3, -0.25) is 0 Å². The molecule has 0 fully saturated rings. The summed E-state index contributed by atoms with van der Waals surface area (Å²) < 4.78 is 0. The number of hydrogen-bond donors (Lipinski definition) is 1. The van der Waals surface area contributed by atoms with Gasteiger partial charge in [0.15, 0.2) is 0 Å². The van der Waals surface area contributed by atoms with Crippen LogP contribution in [0, 0.1) is 5.92 Å². The molecule has 1 aromatic rings. The van der Waals surface area contributed by atoms with E-state index in [1.807, 2.05) is 0 Å². The van der Waals surface area contributed by atoms with E-state index in [1.165, 1.54) is 0 Å². The van der Waals surface area contributed by atoms with E-state index in [9.17, 15) is 0 Å². The second-order valence-electron chi connectivity index (χ2n) is 5.74. The van der Waals surface area contributed by atoms with Gasteiger partial charge in [-0.05, 0) is 40.3 Å². The van der Waals surface area contributed by atoms with Gasteiger partial charge in [0.25, 0.3) is 0 Å². The molecule has 1 heterocycles. The van der Waals surface area contributed by atoms with Crippen molar-refractivity contribution in [1.29, 1.82) is 0 Å². The first-order valence-electron chi connectivity index (χ1n) is 6.65. The Morgan fingerprint density at radius 1 is 1.17 bits per heavy atom. The summed E-state index contributed by atoms with van der Waals surface area (Å²) in [6.07, 6.45) is 2.75. The van der Waals surface area contributed by atoms with Gasteiger partial charge in [-0.1, -0.05) is 13.8 Å². The van der Waals surface area contributed by atoms with Crippen molar-refractivity contribution in [2.45, 2.75) is 46.2 Å². The molecule has 0 amide bonds. The molecular weight excluding hydrogens is 224 g/mol. The first kappa shape index (κ1) is 14.9. The number of rotatable bonds is 6. The first-order chi connectivity index (χ1) is 8.40. The summed E-state index contributed by atoms with van der Waals surface area (Å²) in [5.74, 6) is 1.56. The Labute approximate surface area is 111 Å². The third-order valence-corrected chi connectivity index (χ3v) is 2.78. The van der Waals surface area contributed by atoms with Crippen molar-refractivity contribution in [3.05, 3.63) is 18.1 Å². The van der Waals surface area contributed by atoms with Crippen molar-refractivity contribution >= 4 is 5.82 Å². The second kappa shape index (κ2) is 6.69. The normalized spacial score (nSPS) is 13.4. The van der Waals surface area contributed by atoms with Crippen LogP contribution in [0.2, 0.25) is 0 Å². The van der Waals surface area contributed by atoms with Crippen molar-refractivity contribution in [1.82, 2.24) is 14.9 Å². The zero-order valence-corrected chi connectivity index (χ0v) is 12.4. The van der Waals surface area contributed by atoms with Crippen molar-refractivity contribution in [2.24, 2.45) is 5.92 Å². The molecule has 0 radical (unpaired) electrons. The highest BCUT2D eigenvalue weighted by molar-refractivity contribution is 5.36. The van der Waals surface area contributed by atoms with Crippen LogP contribution in [-0.2, 0) is 0 Å². The summed E-state index contributed by atoms with van der Waals surface area (Å²) in [7, 11) is 4.20. The maximum Gasteiger partial charge on any atom is 0.129 e. The fraction of sp³-hybridized carbons (Fsp3) is 0.714. The Kier molecular flexibility index (Phi) is 5.54. The Bertz CT molecular complexity index is 361. The number of nitrogens with zero attached hydrogens (tertiary/aromatic N) is 3. The molecule has 4 heteroatoms. The molecule has 1 atom stereocenters. The molecule has 1 aromatic heterocycles. The lowest BCUT2D eigenvalue weighted by molar-refractivity contribution is 0.254. The van der Waals surface area contributed by atoms with Crippen LogP contribution in [-0.4, -0.2) is 35.0 Å². The zero-order chi connectivity index (χ0) is 13.7. The van der Waals surface area contributed by atoms with Crippen LogP contribution in [0.3, 0.4) is 0 Å². The molecule has 18 heavy (non-hydrogen) atoms. The zero-order valence-electron chi connectivity index (χ0n) is 12.4. The van der Waals surface area contributed by atoms with Gasteiger partial charge in [0.05, 0.1) is 11.7 Å². The van der Waals surface area contributed by atoms with E-state index < -0.39 is 0 Å². The van der Waals surface area contributed by atoms with E-state index in [2.05, 4.69) is 68.0 Å². The fourth-order valence-electron chi connectivity index (χ4n) is 1.97. The summed E-state index contributed by atoms with van der Waals surface area (Å²) in [6, 6.07) is 2.80. The van der Waals surface area contributed by atoms with Crippen LogP contribution in [0.1, 0.15) is 45.9 Å². The molecule has 102 valence electrons. The number of nitrogens with one attached hydrogen (secondary N) is 1. The van der Waals surface area contributed by atoms with Gasteiger partial charge in [0, 0.05) is 12.1 Å². The first-order valence-corrected chi connectivity index (χ1v) is 6.65. The topological polar surface area (TPSA) is 41.1 Å². The van der Waals surface area contributed by atoms with E-state index in [0.29, 0.717) is 18.0 Å². The lowest BCUT2D eigenvalue weighted by Gasteiger charge is -2.25. The highest BCUT2D eigenvalue weighted by atomic mass is 15.1. The number of anilines is 1. The van der Waals surface area contributed by atoms with Gasteiger partial charge < -0.3 is 10.2 Å². The lowest BCUT2D eigenvalue weighted by Crippen LogP contribution is -2.23. The van der Waals surface area contributed by atoms with Crippen LogP contribution >= 0.6 is 0 Å². The van der Waals surface area contributed by atoms with Crippen molar-refractivity contribution in [2.75, 3.05) is 19.4 Å². The summed E-state index contributed by atoms with van der Waals surface area (Å²) in [6.45, 7) is 8.70. The summed E-state index contributed by atoms with van der Waals surface area (Å²) >= 11 is 0. The molecule has 0 bridgehead atoms. The Hall–Kier alpha value is -1.16. The maximum atomic E-state index is 4.43. The van der Waals surface area contributed by atoms with E-state index in [4.69, 9.17) is 0 Å². The van der Waals surface area contributed by atoms with Gasteiger partial charge in [-0.25, -0.2) is 9.97 Å². The molecule has 0 aromatic carbocycles. The minimum atomic E-state index is 0.348. The van der Waals surface area contributed by atoms with Gasteiger partial charge >= 0.3 is 0 Å². The average molecular weight is 250 g/mol. The summed E-state index contributed by atoms with van der Waals surface area (Å²) in [4.78, 5) is 10.9. The Morgan fingerprint density at radius 3 is 2.33 bits per heavy atom. The van der Waals surface area contributed by atoms with Crippen LogP contribution in [0.25, 0.3) is 0 Å². The minimum Gasteiger partial charge on any atom is -0.368 e. The number of hydrogen-bond acceptors (Lipinski definition) is 4. The molecule has 0 aliphatic carbocycles. The van der Waals surface area contributed by atoms with Crippen molar-refractivity contribution < 1.29 is 0 Å². The summed E-state index contributed by atoms with van der Waals surface area (Å²) in [5.41, 5.74) is 1.09. The van der Waals surface area contributed by atoms with Crippen molar-refractivity contribution in [3.8, 4) is 0 Å². The average Bonchev–Trinajstić information content (AvgIpc) is 2.24. The van der Waals surface area contributed by atoms with E-state index in [1.54, 1.807) is 6.33 Å². The molecule has 0 spiro atoms. The lowest BCUT2D eigenvalue weighted by atomic mass is 10.00. The second-order valence-corrected chi connectivity index (χ2v) is 5.74. The Balaban J connectivity index is 2.90. The minimum absolute atomic E-state index is 0.348. The van der Waals surface area contributed by atoms with Crippen LogP contribution in [0.15, 0.2) is 12.4 Å². The molecule has 0 aliphatic heterocycles. The fourth-order valence-corrected chi connectivity index (χ4v) is 1.97. The molecule has 0 saturated carbocycles. The van der Waals surface area contributed by atoms with Crippen LogP contribution < -0.4 is 5.32 Å². The van der Waals surface area contributed by atoms with Gasteiger partial charge in [-0.2, -0.15) is 0 Å². The predicted octanol–water partition coefficient (Wildman–Crippen LogP) is 2.95. The highest BCUT2D eigenvalue weighted by Gasteiger charge is 2.17. The molecule has 0 aliphatic rings. The van der Waals surface area contributed by atoms with Gasteiger partial charge in [0.2, 0.25) is 0 Å². The predicted molar refractivity (Wildman–Crippen MR) is 76.7 cm³/mol. The third kappa shape index (κ3) is 4.61. The quantitative estimate of drug-likeness (QED) is 0.843. The van der Waals surface area contributed by atoms with E-state index in [-0.39, 0.29) is 0 Å². The molecule has 4 nitrogen and oxygen atoms in total. The molecule has 1 rings (SSSR count). The standard InChI is InChI=1S/C14H26N4/c1-10(2)7-13(18(5)6)12-8-14(16-9-15-12)17-11(3)4/h8-11,13H,7H2,1-6H3,(H,15,16,17). The Morgan fingerprint density at radius 2 is 1.83 bits per heavy atom. The molecule has 1 unspecified atom stereocenters. The van der Waals surface area contributed by atoms with Crippen LogP contribution in [0.4, 0.5) is 5.82 Å². The molecule has 0 saturated heterocycles. The van der Waals surface area contributed by atoms with Crippen LogP contribution in [0.5, 0.6) is 0 Å². The highest BCUT2D eigenvalue weighted by Crippen LogP contribution is 2.25. The maximum absolute atomic E-state index is 4.43. The molecular formula is C14H26N4. The smallest absolute Gasteiger partial charge is 0.129 e. The van der Waals surface area contributed by atoms with Gasteiger partial charge in [0.1, 0.15) is 12.1 Å². The van der Waals surface area contributed by atoms with Gasteiger partial charge in [-0.15, -0.1) is 0 Å². The summed E-state index contributed by atoms with van der Waals surface area (Å²) in [5, 5.41) is 3.32. The monoisotopic (exact) mass is 250 g/mol. The van der Waals surface area contributed by atoms with E-state index in [0.717, 1.165) is 17.9 Å². The SMILES string of the molecule is CC(C)CC(c1cc(NC(C)C)ncn1)N(C)C. The molecule has 1 N–H and O–H groups in total. The largest absolute Gasteiger partial charge is 0.368 e. The third-order valence-electron chi connectivity index (χ3n) is 2.78. The van der Waals surface area contributed by atoms with E-state index >= 15 is 0 Å². The number of aromatic nitrogens is 2. The van der Waals surface area contributed by atoms with Crippen molar-refractivity contribution in [3.63, 3.8) is 0 Å².